The van der Waals surface area contributed by atoms with Crippen LogP contribution >= 0.6 is 0 Å². The SMILES string of the molecule is CC1CCCCC1NC(=O)NCC1CCCCC1C(=O)O. The van der Waals surface area contributed by atoms with E-state index in [0.29, 0.717) is 12.5 Å². The van der Waals surface area contributed by atoms with Gasteiger partial charge in [-0.25, -0.2) is 4.79 Å². The lowest BCUT2D eigenvalue weighted by Crippen LogP contribution is -2.48. The molecule has 2 amide bonds. The maximum atomic E-state index is 12.0. The molecule has 21 heavy (non-hydrogen) atoms. The number of carbonyl (C=O) groups excluding carboxylic acids is 1. The summed E-state index contributed by atoms with van der Waals surface area (Å²) in [5, 5.41) is 15.2. The number of amides is 2. The van der Waals surface area contributed by atoms with Gasteiger partial charge in [0, 0.05) is 12.6 Å². The fraction of sp³-hybridized carbons (Fsp3) is 0.875. The molecule has 0 aromatic carbocycles. The van der Waals surface area contributed by atoms with Crippen molar-refractivity contribution >= 4 is 12.0 Å². The second-order valence-electron chi connectivity index (χ2n) is 6.71. The molecule has 5 nitrogen and oxygen atoms in total. The summed E-state index contributed by atoms with van der Waals surface area (Å²) < 4.78 is 0. The zero-order valence-electron chi connectivity index (χ0n) is 12.9. The van der Waals surface area contributed by atoms with Crippen LogP contribution in [0.5, 0.6) is 0 Å². The largest absolute Gasteiger partial charge is 0.481 e. The minimum Gasteiger partial charge on any atom is -0.481 e. The highest BCUT2D eigenvalue weighted by Crippen LogP contribution is 2.29. The third kappa shape index (κ3) is 4.61. The van der Waals surface area contributed by atoms with Crippen LogP contribution in [0.25, 0.3) is 0 Å². The molecule has 0 bridgehead atoms. The van der Waals surface area contributed by atoms with Crippen LogP contribution in [0.3, 0.4) is 0 Å². The van der Waals surface area contributed by atoms with Gasteiger partial charge in [-0.2, -0.15) is 0 Å². The molecule has 4 atom stereocenters. The molecule has 0 spiro atoms. The van der Waals surface area contributed by atoms with Gasteiger partial charge in [-0.1, -0.05) is 32.6 Å². The third-order valence-corrected chi connectivity index (χ3v) is 5.18. The van der Waals surface area contributed by atoms with E-state index in [1.54, 1.807) is 0 Å². The van der Waals surface area contributed by atoms with E-state index in [0.717, 1.165) is 32.1 Å². The number of carboxylic acid groups (broad SMARTS) is 1. The van der Waals surface area contributed by atoms with E-state index in [2.05, 4.69) is 17.6 Å². The Morgan fingerprint density at radius 1 is 1.05 bits per heavy atom. The number of aliphatic carboxylic acids is 1. The number of hydrogen-bond acceptors (Lipinski definition) is 2. The van der Waals surface area contributed by atoms with Crippen molar-refractivity contribution in [2.75, 3.05) is 6.54 Å². The first kappa shape index (κ1) is 16.1. The highest BCUT2D eigenvalue weighted by atomic mass is 16.4. The Bertz CT molecular complexity index is 373. The molecule has 0 saturated heterocycles. The van der Waals surface area contributed by atoms with Gasteiger partial charge in [0.2, 0.25) is 0 Å². The van der Waals surface area contributed by atoms with Gasteiger partial charge in [0.25, 0.3) is 0 Å². The smallest absolute Gasteiger partial charge is 0.315 e. The summed E-state index contributed by atoms with van der Waals surface area (Å²) in [6.07, 6.45) is 8.35. The number of carbonyl (C=O) groups is 2. The predicted molar refractivity (Wildman–Crippen MR) is 81.0 cm³/mol. The number of hydrogen-bond donors (Lipinski definition) is 3. The van der Waals surface area contributed by atoms with Crippen molar-refractivity contribution in [3.05, 3.63) is 0 Å². The van der Waals surface area contributed by atoms with Gasteiger partial charge in [-0.05, 0) is 37.5 Å². The second kappa shape index (κ2) is 7.66. The Balaban J connectivity index is 1.76. The summed E-state index contributed by atoms with van der Waals surface area (Å²) in [6, 6.07) is 0.129. The Labute approximate surface area is 126 Å². The summed E-state index contributed by atoms with van der Waals surface area (Å²) in [5.74, 6) is -0.410. The number of rotatable bonds is 4. The van der Waals surface area contributed by atoms with Crippen LogP contribution in [0.1, 0.15) is 58.3 Å². The molecule has 2 aliphatic rings. The predicted octanol–water partition coefficient (Wildman–Crippen LogP) is 2.76. The molecule has 2 rings (SSSR count). The van der Waals surface area contributed by atoms with Crippen molar-refractivity contribution in [2.45, 2.75) is 64.3 Å². The van der Waals surface area contributed by atoms with Crippen molar-refractivity contribution in [2.24, 2.45) is 17.8 Å². The Hall–Kier alpha value is -1.26. The first-order chi connectivity index (χ1) is 10.1. The van der Waals surface area contributed by atoms with Crippen LogP contribution in [0.2, 0.25) is 0 Å². The van der Waals surface area contributed by atoms with E-state index in [9.17, 15) is 14.7 Å². The van der Waals surface area contributed by atoms with Crippen LogP contribution in [-0.2, 0) is 4.79 Å². The summed E-state index contributed by atoms with van der Waals surface area (Å²) in [4.78, 5) is 23.2. The van der Waals surface area contributed by atoms with E-state index in [-0.39, 0.29) is 23.9 Å². The molecule has 4 unspecified atom stereocenters. The maximum absolute atomic E-state index is 12.0. The topological polar surface area (TPSA) is 78.4 Å². The van der Waals surface area contributed by atoms with Gasteiger partial charge >= 0.3 is 12.0 Å². The highest BCUT2D eigenvalue weighted by Gasteiger charge is 2.31. The second-order valence-corrected chi connectivity index (χ2v) is 6.71. The number of urea groups is 1. The molecule has 2 fully saturated rings. The van der Waals surface area contributed by atoms with E-state index < -0.39 is 5.97 Å². The summed E-state index contributed by atoms with van der Waals surface area (Å²) in [5.41, 5.74) is 0. The lowest BCUT2D eigenvalue weighted by atomic mass is 9.79. The van der Waals surface area contributed by atoms with Crippen molar-refractivity contribution in [3.63, 3.8) is 0 Å². The van der Waals surface area contributed by atoms with Gasteiger partial charge in [-0.15, -0.1) is 0 Å². The Kier molecular flexibility index (Phi) is 5.88. The molecule has 0 aliphatic heterocycles. The summed E-state index contributed by atoms with van der Waals surface area (Å²) in [7, 11) is 0. The molecule has 0 aromatic heterocycles. The summed E-state index contributed by atoms with van der Waals surface area (Å²) in [6.45, 7) is 2.66. The fourth-order valence-corrected chi connectivity index (χ4v) is 3.75. The van der Waals surface area contributed by atoms with E-state index >= 15 is 0 Å². The first-order valence-corrected chi connectivity index (χ1v) is 8.35. The van der Waals surface area contributed by atoms with Gasteiger partial charge < -0.3 is 15.7 Å². The number of carboxylic acids is 1. The quantitative estimate of drug-likeness (QED) is 0.746. The molecule has 2 aliphatic carbocycles. The molecule has 0 radical (unpaired) electrons. The highest BCUT2D eigenvalue weighted by molar-refractivity contribution is 5.74. The van der Waals surface area contributed by atoms with Gasteiger partial charge in [0.15, 0.2) is 0 Å². The Morgan fingerprint density at radius 2 is 1.71 bits per heavy atom. The minimum atomic E-state index is -0.720. The Morgan fingerprint density at radius 3 is 2.43 bits per heavy atom. The number of nitrogens with one attached hydrogen (secondary N) is 2. The normalized spacial score (nSPS) is 33.2. The zero-order valence-corrected chi connectivity index (χ0v) is 12.9. The van der Waals surface area contributed by atoms with Crippen molar-refractivity contribution in [1.29, 1.82) is 0 Å². The molecule has 2 saturated carbocycles. The average Bonchev–Trinajstić information content (AvgIpc) is 2.48. The lowest BCUT2D eigenvalue weighted by molar-refractivity contribution is -0.144. The lowest BCUT2D eigenvalue weighted by Gasteiger charge is -2.31. The van der Waals surface area contributed by atoms with Gasteiger partial charge in [-0.3, -0.25) is 4.79 Å². The monoisotopic (exact) mass is 296 g/mol. The molecule has 0 aromatic rings. The minimum absolute atomic E-state index is 0.0748. The molecular formula is C16H28N2O3. The van der Waals surface area contributed by atoms with Crippen LogP contribution in [0, 0.1) is 17.8 Å². The van der Waals surface area contributed by atoms with Crippen LogP contribution in [0.15, 0.2) is 0 Å². The standard InChI is InChI=1S/C16H28N2O3/c1-11-6-2-5-9-14(11)18-16(21)17-10-12-7-3-4-8-13(12)15(19)20/h11-14H,2-10H2,1H3,(H,19,20)(H2,17,18,21). The molecule has 120 valence electrons. The average molecular weight is 296 g/mol. The van der Waals surface area contributed by atoms with Gasteiger partial charge in [0.05, 0.1) is 5.92 Å². The molecule has 3 N–H and O–H groups in total. The van der Waals surface area contributed by atoms with Gasteiger partial charge in [0.1, 0.15) is 0 Å². The maximum Gasteiger partial charge on any atom is 0.315 e. The zero-order chi connectivity index (χ0) is 15.2. The molecular weight excluding hydrogens is 268 g/mol. The van der Waals surface area contributed by atoms with Crippen molar-refractivity contribution in [3.8, 4) is 0 Å². The molecule has 5 heteroatoms. The van der Waals surface area contributed by atoms with Crippen LogP contribution in [0.4, 0.5) is 4.79 Å². The van der Waals surface area contributed by atoms with Crippen LogP contribution < -0.4 is 10.6 Å². The summed E-state index contributed by atoms with van der Waals surface area (Å²) >= 11 is 0. The first-order valence-electron chi connectivity index (χ1n) is 8.35. The molecule has 0 heterocycles. The third-order valence-electron chi connectivity index (χ3n) is 5.18. The van der Waals surface area contributed by atoms with E-state index in [1.807, 2.05) is 0 Å². The van der Waals surface area contributed by atoms with Crippen molar-refractivity contribution < 1.29 is 14.7 Å². The fourth-order valence-electron chi connectivity index (χ4n) is 3.75. The van der Waals surface area contributed by atoms with E-state index in [4.69, 9.17) is 0 Å². The van der Waals surface area contributed by atoms with Crippen LogP contribution in [-0.4, -0.2) is 29.7 Å². The van der Waals surface area contributed by atoms with Crippen molar-refractivity contribution in [1.82, 2.24) is 10.6 Å². The van der Waals surface area contributed by atoms with E-state index in [1.165, 1.54) is 19.3 Å².